The Morgan fingerprint density at radius 1 is 1.20 bits per heavy atom. The van der Waals surface area contributed by atoms with Crippen LogP contribution in [-0.4, -0.2) is 96.2 Å². The van der Waals surface area contributed by atoms with Crippen molar-refractivity contribution >= 4 is 61.7 Å². The zero-order valence-electron chi connectivity index (χ0n) is 31.0. The average molecular weight is 799 g/mol. The van der Waals surface area contributed by atoms with E-state index in [0.29, 0.717) is 57.5 Å². The highest BCUT2D eigenvalue weighted by Crippen LogP contribution is 2.46. The number of carbonyl (C=O) groups is 3. The number of carbonyl (C=O) groups excluding carboxylic acids is 3. The van der Waals surface area contributed by atoms with Crippen LogP contribution in [0.1, 0.15) is 69.6 Å². The molecule has 2 saturated carbocycles. The second kappa shape index (κ2) is 15.9. The molecule has 0 spiro atoms. The predicted octanol–water partition coefficient (Wildman–Crippen LogP) is 6.04. The molecule has 3 heterocycles. The summed E-state index contributed by atoms with van der Waals surface area (Å²) in [5.74, 6) is -0.435. The lowest BCUT2D eigenvalue weighted by atomic mass is 10.1. The highest BCUT2D eigenvalue weighted by atomic mass is 35.5. The fraction of sp³-hybridized carbons (Fsp3) is 0.500. The lowest BCUT2D eigenvalue weighted by Crippen LogP contribution is -2.57. The number of unbranched alkanes of at least 4 members (excludes halogenated alkanes) is 2. The lowest BCUT2D eigenvalue weighted by Gasteiger charge is -2.29. The first-order valence-corrected chi connectivity index (χ1v) is 20.9. The fourth-order valence-corrected chi connectivity index (χ4v) is 9.27. The van der Waals surface area contributed by atoms with Gasteiger partial charge in [-0.2, -0.15) is 0 Å². The van der Waals surface area contributed by atoms with Gasteiger partial charge in [0.15, 0.2) is 0 Å². The number of sulfonamides is 1. The number of hydrogen-bond acceptors (Lipinski definition) is 10. The second-order valence-corrected chi connectivity index (χ2v) is 17.9. The van der Waals surface area contributed by atoms with Crippen molar-refractivity contribution in [1.82, 2.24) is 29.8 Å². The Morgan fingerprint density at radius 3 is 2.59 bits per heavy atom. The first-order valence-electron chi connectivity index (χ1n) is 18.2. The van der Waals surface area contributed by atoms with E-state index in [-0.39, 0.29) is 31.2 Å². The average Bonchev–Trinajstić information content (AvgIpc) is 4.03. The Bertz CT molecular complexity index is 2070. The molecule has 0 bridgehead atoms. The molecule has 1 aliphatic heterocycles. The van der Waals surface area contributed by atoms with Crippen LogP contribution in [0.15, 0.2) is 49.7 Å². The van der Waals surface area contributed by atoms with Crippen LogP contribution >= 0.6 is 22.9 Å². The number of nitrogens with zero attached hydrogens (tertiary/aromatic N) is 4. The molecule has 1 aromatic carbocycles. The molecule has 2 aromatic heterocycles. The summed E-state index contributed by atoms with van der Waals surface area (Å²) in [5.41, 5.74) is -0.525. The van der Waals surface area contributed by atoms with Crippen molar-refractivity contribution in [3.8, 4) is 22.2 Å². The van der Waals surface area contributed by atoms with Crippen molar-refractivity contribution in [3.63, 3.8) is 0 Å². The van der Waals surface area contributed by atoms with Crippen molar-refractivity contribution in [2.75, 3.05) is 27.2 Å². The summed E-state index contributed by atoms with van der Waals surface area (Å²) < 4.78 is 39.7. The molecule has 54 heavy (non-hydrogen) atoms. The number of methoxy groups -OCH3 is 1. The number of thiazole rings is 1. The van der Waals surface area contributed by atoms with Gasteiger partial charge in [0.2, 0.25) is 15.9 Å². The maximum absolute atomic E-state index is 14.2. The van der Waals surface area contributed by atoms with Crippen LogP contribution in [0.2, 0.25) is 5.02 Å². The maximum Gasteiger partial charge on any atom is 0.319 e. The van der Waals surface area contributed by atoms with Gasteiger partial charge in [-0.1, -0.05) is 37.6 Å². The summed E-state index contributed by atoms with van der Waals surface area (Å²) in [6.07, 6.45) is 8.23. The Kier molecular flexibility index (Phi) is 11.6. The summed E-state index contributed by atoms with van der Waals surface area (Å²) in [5, 5.41) is 3.77. The molecule has 3 aromatic rings. The molecule has 2 aliphatic carbocycles. The van der Waals surface area contributed by atoms with Crippen molar-refractivity contribution in [1.29, 1.82) is 0 Å². The molecule has 2 N–H and O–H groups in total. The van der Waals surface area contributed by atoms with E-state index in [4.69, 9.17) is 26.1 Å². The van der Waals surface area contributed by atoms with Gasteiger partial charge in [-0.3, -0.25) is 14.3 Å². The Balaban J connectivity index is 1.31. The van der Waals surface area contributed by atoms with E-state index in [1.54, 1.807) is 30.1 Å². The summed E-state index contributed by atoms with van der Waals surface area (Å²) in [4.78, 5) is 55.3. The molecule has 3 fully saturated rings. The number of nitrogens with one attached hydrogen (secondary N) is 2. The van der Waals surface area contributed by atoms with E-state index >= 15 is 0 Å². The van der Waals surface area contributed by atoms with Crippen molar-refractivity contribution in [2.45, 2.75) is 87.6 Å². The standard InChI is InChI=1S/C38H47ClN6O7S2/c1-7-9-10-11-16-44(5)35(46)28-17-24(21-45(28)37(48)42-38(19-23(38)8-2)36(47)43-54(49,50)25-12-13-25)52-30-18-27(34-40-20-31(53-34)22(3)4)41-33-26(30)14-15-29(51-6)32(33)39/h7-8,14-15,18,20,22-25,28H,1-2,9-13,16-17,19,21H2,3-6H3,(H,42,48)(H,43,47)/t23-,24+,28+,38-/m1/s1. The highest BCUT2D eigenvalue weighted by Gasteiger charge is 2.62. The topological polar surface area (TPSA) is 160 Å². The smallest absolute Gasteiger partial charge is 0.319 e. The Hall–Kier alpha value is -4.21. The maximum atomic E-state index is 14.2. The van der Waals surface area contributed by atoms with Crippen molar-refractivity contribution < 1.29 is 32.3 Å². The van der Waals surface area contributed by atoms with Gasteiger partial charge >= 0.3 is 6.03 Å². The number of likely N-dealkylation sites (tertiary alicyclic amines) is 1. The van der Waals surface area contributed by atoms with E-state index in [1.807, 2.05) is 12.3 Å². The van der Waals surface area contributed by atoms with Gasteiger partial charge in [-0.25, -0.2) is 23.2 Å². The highest BCUT2D eigenvalue weighted by molar-refractivity contribution is 7.91. The monoisotopic (exact) mass is 798 g/mol. The van der Waals surface area contributed by atoms with Gasteiger partial charge in [0.25, 0.3) is 5.91 Å². The summed E-state index contributed by atoms with van der Waals surface area (Å²) in [7, 11) is -0.651. The molecule has 0 unspecified atom stereocenters. The number of amides is 4. The number of halogens is 1. The van der Waals surface area contributed by atoms with Crippen LogP contribution in [0.5, 0.6) is 11.5 Å². The van der Waals surface area contributed by atoms with Gasteiger partial charge in [0.05, 0.1) is 24.4 Å². The number of fused-ring (bicyclic) bond motifs is 1. The van der Waals surface area contributed by atoms with Gasteiger partial charge in [0, 0.05) is 48.5 Å². The SMILES string of the molecule is C=CCCCCN(C)C(=O)[C@@H]1C[C@H](Oc2cc(-c3ncc(C(C)C)s3)nc3c(Cl)c(OC)ccc23)CN1C(=O)N[C@]1(C(=O)NS(=O)(=O)C2CC2)C[C@H]1C=C. The third kappa shape index (κ3) is 8.08. The number of ether oxygens (including phenoxy) is 2. The number of likely N-dealkylation sites (N-methyl/N-ethyl adjacent to an activating group) is 1. The van der Waals surface area contributed by atoms with Crippen molar-refractivity contribution in [3.05, 3.63) is 59.6 Å². The zero-order valence-corrected chi connectivity index (χ0v) is 33.4. The minimum atomic E-state index is -3.87. The zero-order chi connectivity index (χ0) is 38.9. The van der Waals surface area contributed by atoms with Crippen LogP contribution in [0.3, 0.4) is 0 Å². The first-order chi connectivity index (χ1) is 25.7. The van der Waals surface area contributed by atoms with E-state index in [0.717, 1.165) is 24.1 Å². The van der Waals surface area contributed by atoms with Gasteiger partial charge < -0.3 is 24.6 Å². The molecule has 3 aliphatic rings. The van der Waals surface area contributed by atoms with Crippen LogP contribution < -0.4 is 19.5 Å². The minimum absolute atomic E-state index is 0.00115. The van der Waals surface area contributed by atoms with E-state index < -0.39 is 50.8 Å². The third-order valence-corrected chi connectivity index (χ3v) is 13.7. The number of aromatic nitrogens is 2. The van der Waals surface area contributed by atoms with Crippen molar-refractivity contribution in [2.24, 2.45) is 5.92 Å². The van der Waals surface area contributed by atoms with Gasteiger partial charge in [0.1, 0.15) is 44.9 Å². The number of urea groups is 1. The molecular formula is C38H47ClN6O7S2. The molecule has 6 rings (SSSR count). The Morgan fingerprint density at radius 2 is 1.96 bits per heavy atom. The first kappa shape index (κ1) is 39.5. The fourth-order valence-electron chi connectivity index (χ4n) is 6.75. The molecule has 16 heteroatoms. The number of rotatable bonds is 16. The van der Waals surface area contributed by atoms with Crippen LogP contribution in [0, 0.1) is 5.92 Å². The van der Waals surface area contributed by atoms with E-state index in [9.17, 15) is 22.8 Å². The van der Waals surface area contributed by atoms with Crippen LogP contribution in [-0.2, 0) is 19.6 Å². The molecule has 290 valence electrons. The largest absolute Gasteiger partial charge is 0.495 e. The summed E-state index contributed by atoms with van der Waals surface area (Å²) in [6.45, 7) is 12.2. The minimum Gasteiger partial charge on any atom is -0.495 e. The third-order valence-electron chi connectivity index (χ3n) is 10.2. The molecule has 1 saturated heterocycles. The number of allylic oxidation sites excluding steroid dienone is 1. The van der Waals surface area contributed by atoms with Gasteiger partial charge in [-0.15, -0.1) is 24.5 Å². The molecule has 4 amide bonds. The number of benzene rings is 1. The lowest BCUT2D eigenvalue weighted by molar-refractivity contribution is -0.134. The Labute approximate surface area is 325 Å². The normalized spacial score (nSPS) is 22.2. The second-order valence-electron chi connectivity index (χ2n) is 14.5. The summed E-state index contributed by atoms with van der Waals surface area (Å²) in [6, 6.07) is 3.70. The molecular weight excluding hydrogens is 752 g/mol. The quantitative estimate of drug-likeness (QED) is 0.130. The number of hydrogen-bond donors (Lipinski definition) is 2. The van der Waals surface area contributed by atoms with Crippen LogP contribution in [0.25, 0.3) is 21.6 Å². The summed E-state index contributed by atoms with van der Waals surface area (Å²) >= 11 is 8.31. The van der Waals surface area contributed by atoms with E-state index in [2.05, 4.69) is 42.0 Å². The van der Waals surface area contributed by atoms with Crippen LogP contribution in [0.4, 0.5) is 4.79 Å². The molecule has 13 nitrogen and oxygen atoms in total. The van der Waals surface area contributed by atoms with Gasteiger partial charge in [-0.05, 0) is 56.6 Å². The number of pyridine rings is 1. The molecule has 4 atom stereocenters. The predicted molar refractivity (Wildman–Crippen MR) is 209 cm³/mol. The molecule has 0 radical (unpaired) electrons. The van der Waals surface area contributed by atoms with E-state index in [1.165, 1.54) is 29.4 Å².